The molecule has 0 atom stereocenters. The summed E-state index contributed by atoms with van der Waals surface area (Å²) < 4.78 is 0. The molecule has 0 saturated carbocycles. The van der Waals surface area contributed by atoms with Crippen molar-refractivity contribution in [2.75, 3.05) is 13.1 Å². The minimum Gasteiger partial charge on any atom is -0.346 e. The topological polar surface area (TPSA) is 90.6 Å². The minimum absolute atomic E-state index is 0.0638. The molecule has 1 aliphatic rings. The van der Waals surface area contributed by atoms with Crippen molar-refractivity contribution in [2.45, 2.75) is 18.8 Å². The Morgan fingerprint density at radius 1 is 1.12 bits per heavy atom. The van der Waals surface area contributed by atoms with E-state index in [1.165, 1.54) is 10.9 Å². The number of rotatable bonds is 2. The Kier molecular flexibility index (Phi) is 3.44. The molecular formula is C19H18N6O. The molecule has 1 aromatic carbocycles. The van der Waals surface area contributed by atoms with Crippen LogP contribution < -0.4 is 0 Å². The van der Waals surface area contributed by atoms with Gasteiger partial charge < -0.3 is 9.88 Å². The fourth-order valence-corrected chi connectivity index (χ4v) is 3.86. The van der Waals surface area contributed by atoms with Crippen LogP contribution in [0.3, 0.4) is 0 Å². The first-order chi connectivity index (χ1) is 12.8. The number of H-pyrrole nitrogens is 2. The van der Waals surface area contributed by atoms with Crippen LogP contribution in [0.2, 0.25) is 0 Å². The van der Waals surface area contributed by atoms with E-state index in [4.69, 9.17) is 0 Å². The number of benzene rings is 1. The van der Waals surface area contributed by atoms with Crippen LogP contribution in [0.5, 0.6) is 0 Å². The van der Waals surface area contributed by atoms with Gasteiger partial charge in [-0.1, -0.05) is 0 Å². The Labute approximate surface area is 149 Å². The highest BCUT2D eigenvalue weighted by Gasteiger charge is 2.26. The number of nitrogens with zero attached hydrogens (tertiary/aromatic N) is 4. The normalized spacial score (nSPS) is 15.8. The summed E-state index contributed by atoms with van der Waals surface area (Å²) in [6, 6.07) is 9.54. The highest BCUT2D eigenvalue weighted by Crippen LogP contribution is 2.33. The van der Waals surface area contributed by atoms with Crippen molar-refractivity contribution < 1.29 is 4.79 Å². The van der Waals surface area contributed by atoms with Crippen LogP contribution in [0.4, 0.5) is 0 Å². The maximum atomic E-state index is 12.8. The number of piperidine rings is 1. The average molecular weight is 346 g/mol. The lowest BCUT2D eigenvalue weighted by Gasteiger charge is -2.32. The van der Waals surface area contributed by atoms with Gasteiger partial charge in [-0.2, -0.15) is 15.4 Å². The van der Waals surface area contributed by atoms with Crippen molar-refractivity contribution in [3.05, 3.63) is 53.9 Å². The monoisotopic (exact) mass is 346 g/mol. The van der Waals surface area contributed by atoms with Crippen molar-refractivity contribution in [3.63, 3.8) is 0 Å². The van der Waals surface area contributed by atoms with Crippen LogP contribution in [0.1, 0.15) is 34.7 Å². The molecule has 1 aliphatic heterocycles. The first kappa shape index (κ1) is 15.1. The van der Waals surface area contributed by atoms with Crippen molar-refractivity contribution in [1.29, 1.82) is 0 Å². The van der Waals surface area contributed by atoms with Gasteiger partial charge in [0.15, 0.2) is 0 Å². The number of nitrogens with one attached hydrogen (secondary N) is 2. The number of hydrogen-bond acceptors (Lipinski definition) is 4. The third-order valence-electron chi connectivity index (χ3n) is 5.27. The predicted molar refractivity (Wildman–Crippen MR) is 97.9 cm³/mol. The first-order valence-corrected chi connectivity index (χ1v) is 8.81. The van der Waals surface area contributed by atoms with Crippen LogP contribution in [0.15, 0.2) is 42.7 Å². The van der Waals surface area contributed by atoms with Crippen molar-refractivity contribution in [1.82, 2.24) is 30.3 Å². The number of hydrogen-bond donors (Lipinski definition) is 2. The molecule has 2 N–H and O–H groups in total. The molecule has 0 spiro atoms. The van der Waals surface area contributed by atoms with E-state index < -0.39 is 0 Å². The smallest absolute Gasteiger partial charge is 0.253 e. The largest absolute Gasteiger partial charge is 0.346 e. The second-order valence-electron chi connectivity index (χ2n) is 6.74. The highest BCUT2D eigenvalue weighted by molar-refractivity contribution is 5.97. The fraction of sp³-hybridized carbons (Fsp3) is 0.263. The van der Waals surface area contributed by atoms with Crippen molar-refractivity contribution in [3.8, 4) is 0 Å². The molecule has 7 heteroatoms. The second-order valence-corrected chi connectivity index (χ2v) is 6.74. The van der Waals surface area contributed by atoms with Gasteiger partial charge >= 0.3 is 0 Å². The Morgan fingerprint density at radius 3 is 2.85 bits per heavy atom. The third-order valence-corrected chi connectivity index (χ3v) is 5.27. The summed E-state index contributed by atoms with van der Waals surface area (Å²) in [5, 5.41) is 11.9. The zero-order chi connectivity index (χ0) is 17.5. The lowest BCUT2D eigenvalue weighted by atomic mass is 9.89. The van der Waals surface area contributed by atoms with Crippen molar-refractivity contribution >= 4 is 28.0 Å². The molecule has 0 aliphatic carbocycles. The molecule has 4 heterocycles. The van der Waals surface area contributed by atoms with Gasteiger partial charge in [0.25, 0.3) is 5.91 Å². The van der Waals surface area contributed by atoms with Gasteiger partial charge in [-0.15, -0.1) is 0 Å². The number of pyridine rings is 1. The SMILES string of the molecule is O=C(c1ccc2n[nH]nc2c1)N1CCC(c2c[nH]c3ncccc23)CC1. The van der Waals surface area contributed by atoms with Gasteiger partial charge in [-0.3, -0.25) is 4.79 Å². The summed E-state index contributed by atoms with van der Waals surface area (Å²) in [5.74, 6) is 0.518. The van der Waals surface area contributed by atoms with E-state index in [2.05, 4.69) is 37.6 Å². The van der Waals surface area contributed by atoms with E-state index in [1.54, 1.807) is 12.3 Å². The Bertz CT molecular complexity index is 1090. The van der Waals surface area contributed by atoms with Crippen LogP contribution in [0.25, 0.3) is 22.1 Å². The summed E-state index contributed by atoms with van der Waals surface area (Å²) in [6.07, 6.45) is 5.79. The van der Waals surface area contributed by atoms with E-state index in [0.29, 0.717) is 11.5 Å². The number of carbonyl (C=O) groups excluding carboxylic acids is 1. The Hall–Kier alpha value is -3.22. The quantitative estimate of drug-likeness (QED) is 0.584. The van der Waals surface area contributed by atoms with Crippen LogP contribution >= 0.6 is 0 Å². The Balaban J connectivity index is 1.32. The number of fused-ring (bicyclic) bond motifs is 2. The molecule has 3 aromatic heterocycles. The molecular weight excluding hydrogens is 328 g/mol. The number of aromatic nitrogens is 5. The zero-order valence-corrected chi connectivity index (χ0v) is 14.1. The first-order valence-electron chi connectivity index (χ1n) is 8.81. The van der Waals surface area contributed by atoms with Crippen LogP contribution in [-0.2, 0) is 0 Å². The van der Waals surface area contributed by atoms with Gasteiger partial charge in [0.1, 0.15) is 16.7 Å². The van der Waals surface area contributed by atoms with E-state index in [9.17, 15) is 4.79 Å². The highest BCUT2D eigenvalue weighted by atomic mass is 16.2. The summed E-state index contributed by atoms with van der Waals surface area (Å²) in [6.45, 7) is 1.51. The molecule has 1 amide bonds. The van der Waals surface area contributed by atoms with Gasteiger partial charge in [-0.25, -0.2) is 4.98 Å². The van der Waals surface area contributed by atoms with Crippen LogP contribution in [-0.4, -0.2) is 49.3 Å². The molecule has 0 radical (unpaired) electrons. The molecule has 4 aromatic rings. The summed E-state index contributed by atoms with van der Waals surface area (Å²) in [4.78, 5) is 22.4. The van der Waals surface area contributed by atoms with E-state index in [1.807, 2.05) is 23.1 Å². The third kappa shape index (κ3) is 2.44. The maximum Gasteiger partial charge on any atom is 0.253 e. The molecule has 5 rings (SSSR count). The molecule has 1 fully saturated rings. The number of likely N-dealkylation sites (tertiary alicyclic amines) is 1. The maximum absolute atomic E-state index is 12.8. The Morgan fingerprint density at radius 2 is 1.96 bits per heavy atom. The molecule has 1 saturated heterocycles. The lowest BCUT2D eigenvalue weighted by Crippen LogP contribution is -2.37. The van der Waals surface area contributed by atoms with Gasteiger partial charge in [0.2, 0.25) is 0 Å². The lowest BCUT2D eigenvalue weighted by molar-refractivity contribution is 0.0713. The second kappa shape index (κ2) is 5.94. The summed E-state index contributed by atoms with van der Waals surface area (Å²) >= 11 is 0. The number of aromatic amines is 2. The predicted octanol–water partition coefficient (Wildman–Crippen LogP) is 2.85. The van der Waals surface area contributed by atoms with E-state index >= 15 is 0 Å². The molecule has 7 nitrogen and oxygen atoms in total. The van der Waals surface area contributed by atoms with Gasteiger partial charge in [-0.05, 0) is 54.7 Å². The number of carbonyl (C=O) groups is 1. The standard InChI is InChI=1S/C19H18N6O/c26-19(13-3-4-16-17(10-13)23-24-22-16)25-8-5-12(6-9-25)15-11-21-18-14(15)2-1-7-20-18/h1-4,7,10-12H,5-6,8-9H2,(H,20,21)(H,22,23,24). The molecule has 26 heavy (non-hydrogen) atoms. The molecule has 130 valence electrons. The summed E-state index contributed by atoms with van der Waals surface area (Å²) in [7, 11) is 0. The molecule has 0 bridgehead atoms. The van der Waals surface area contributed by atoms with Crippen LogP contribution in [0, 0.1) is 0 Å². The average Bonchev–Trinajstić information content (AvgIpc) is 3.34. The fourth-order valence-electron chi connectivity index (χ4n) is 3.86. The molecule has 0 unspecified atom stereocenters. The minimum atomic E-state index is 0.0638. The van der Waals surface area contributed by atoms with Crippen molar-refractivity contribution in [2.24, 2.45) is 0 Å². The van der Waals surface area contributed by atoms with Gasteiger partial charge in [0.05, 0.1) is 0 Å². The summed E-state index contributed by atoms with van der Waals surface area (Å²) in [5.41, 5.74) is 4.40. The zero-order valence-electron chi connectivity index (χ0n) is 14.1. The van der Waals surface area contributed by atoms with Gasteiger partial charge in [0, 0.05) is 36.4 Å². The number of amides is 1. The van der Waals surface area contributed by atoms with E-state index in [-0.39, 0.29) is 5.91 Å². The van der Waals surface area contributed by atoms with E-state index in [0.717, 1.165) is 42.6 Å².